The molecule has 3 aromatic heterocycles. The second-order valence-corrected chi connectivity index (χ2v) is 6.75. The van der Waals surface area contributed by atoms with E-state index in [2.05, 4.69) is 25.4 Å². The summed E-state index contributed by atoms with van der Waals surface area (Å²) >= 11 is 0. The number of benzene rings is 1. The third kappa shape index (κ3) is 2.77. The SMILES string of the molecule is Cc1c(-c2nc(C3(N)CCC3)no2)nnn1-c1ccc2ncccc2c1.Cl. The minimum atomic E-state index is -0.461. The van der Waals surface area contributed by atoms with Crippen molar-refractivity contribution in [1.29, 1.82) is 0 Å². The number of fused-ring (bicyclic) bond motifs is 1. The van der Waals surface area contributed by atoms with Gasteiger partial charge in [0.25, 0.3) is 5.89 Å². The lowest BCUT2D eigenvalue weighted by atomic mass is 9.77. The van der Waals surface area contributed by atoms with Crippen molar-refractivity contribution in [3.8, 4) is 17.3 Å². The minimum Gasteiger partial charge on any atom is -0.332 e. The average molecular weight is 384 g/mol. The van der Waals surface area contributed by atoms with Crippen molar-refractivity contribution in [2.24, 2.45) is 5.73 Å². The summed E-state index contributed by atoms with van der Waals surface area (Å²) in [5.41, 5.74) is 9.03. The van der Waals surface area contributed by atoms with Crippen LogP contribution in [0.4, 0.5) is 0 Å². The van der Waals surface area contributed by atoms with Crippen LogP contribution in [-0.4, -0.2) is 30.1 Å². The van der Waals surface area contributed by atoms with E-state index in [9.17, 15) is 0 Å². The highest BCUT2D eigenvalue weighted by atomic mass is 35.5. The van der Waals surface area contributed by atoms with Gasteiger partial charge in [0, 0.05) is 11.6 Å². The highest BCUT2D eigenvalue weighted by Crippen LogP contribution is 2.37. The van der Waals surface area contributed by atoms with Crippen LogP contribution in [0.25, 0.3) is 28.2 Å². The van der Waals surface area contributed by atoms with Gasteiger partial charge in [-0.3, -0.25) is 4.98 Å². The highest BCUT2D eigenvalue weighted by molar-refractivity contribution is 5.85. The third-order valence-electron chi connectivity index (χ3n) is 5.05. The Bertz CT molecular complexity index is 1120. The Morgan fingerprint density at radius 2 is 2.07 bits per heavy atom. The number of nitrogens with two attached hydrogens (primary N) is 1. The van der Waals surface area contributed by atoms with Crippen molar-refractivity contribution in [1.82, 2.24) is 30.1 Å². The van der Waals surface area contributed by atoms with Gasteiger partial charge in [-0.25, -0.2) is 4.68 Å². The lowest BCUT2D eigenvalue weighted by Gasteiger charge is -2.34. The number of rotatable bonds is 3. The quantitative estimate of drug-likeness (QED) is 0.579. The first-order valence-corrected chi connectivity index (χ1v) is 8.55. The van der Waals surface area contributed by atoms with E-state index in [1.807, 2.05) is 37.3 Å². The van der Waals surface area contributed by atoms with E-state index in [1.54, 1.807) is 10.9 Å². The van der Waals surface area contributed by atoms with E-state index in [4.69, 9.17) is 10.3 Å². The molecule has 138 valence electrons. The van der Waals surface area contributed by atoms with Crippen LogP contribution in [-0.2, 0) is 5.54 Å². The molecule has 0 radical (unpaired) electrons. The van der Waals surface area contributed by atoms with E-state index in [1.165, 1.54) is 0 Å². The number of nitrogens with zero attached hydrogens (tertiary/aromatic N) is 6. The van der Waals surface area contributed by atoms with E-state index in [0.717, 1.165) is 41.5 Å². The minimum absolute atomic E-state index is 0. The summed E-state index contributed by atoms with van der Waals surface area (Å²) in [4.78, 5) is 8.80. The molecule has 0 saturated heterocycles. The molecule has 9 heteroatoms. The monoisotopic (exact) mass is 383 g/mol. The summed E-state index contributed by atoms with van der Waals surface area (Å²) in [5, 5.41) is 13.6. The fourth-order valence-electron chi connectivity index (χ4n) is 3.27. The van der Waals surface area contributed by atoms with E-state index in [0.29, 0.717) is 17.4 Å². The van der Waals surface area contributed by atoms with E-state index >= 15 is 0 Å². The summed E-state index contributed by atoms with van der Waals surface area (Å²) < 4.78 is 7.16. The molecule has 0 spiro atoms. The first-order valence-electron chi connectivity index (χ1n) is 8.55. The molecule has 0 aliphatic heterocycles. The van der Waals surface area contributed by atoms with Gasteiger partial charge in [0.1, 0.15) is 0 Å². The standard InChI is InChI=1S/C18H17N7O.ClH/c1-11-15(16-21-17(23-26-16)18(19)7-3-8-18)22-24-25(11)13-5-6-14-12(10-13)4-2-9-20-14;/h2,4-6,9-10H,3,7-8,19H2,1H3;1H. The van der Waals surface area contributed by atoms with Crippen molar-refractivity contribution < 1.29 is 4.52 Å². The Morgan fingerprint density at radius 1 is 1.22 bits per heavy atom. The summed E-state index contributed by atoms with van der Waals surface area (Å²) in [5.74, 6) is 0.896. The Labute approximate surface area is 161 Å². The number of hydrogen-bond acceptors (Lipinski definition) is 7. The first-order chi connectivity index (χ1) is 12.6. The lowest BCUT2D eigenvalue weighted by molar-refractivity contribution is 0.229. The van der Waals surface area contributed by atoms with Crippen LogP contribution in [0.2, 0.25) is 0 Å². The number of pyridine rings is 1. The van der Waals surface area contributed by atoms with Crippen LogP contribution >= 0.6 is 12.4 Å². The van der Waals surface area contributed by atoms with Crippen LogP contribution in [0.15, 0.2) is 41.1 Å². The Morgan fingerprint density at radius 3 is 2.85 bits per heavy atom. The normalized spacial score (nSPS) is 15.3. The van der Waals surface area contributed by atoms with Crippen LogP contribution < -0.4 is 5.73 Å². The summed E-state index contributed by atoms with van der Waals surface area (Å²) in [7, 11) is 0. The highest BCUT2D eigenvalue weighted by Gasteiger charge is 2.39. The van der Waals surface area contributed by atoms with Gasteiger partial charge < -0.3 is 10.3 Å². The van der Waals surface area contributed by atoms with Gasteiger partial charge in [-0.1, -0.05) is 16.4 Å². The van der Waals surface area contributed by atoms with Gasteiger partial charge >= 0.3 is 0 Å². The van der Waals surface area contributed by atoms with Crippen LogP contribution in [0.5, 0.6) is 0 Å². The first kappa shape index (κ1) is 17.6. The molecule has 1 aliphatic rings. The molecular weight excluding hydrogens is 366 g/mol. The molecule has 2 N–H and O–H groups in total. The zero-order chi connectivity index (χ0) is 17.7. The van der Waals surface area contributed by atoms with Crippen molar-refractivity contribution in [3.63, 3.8) is 0 Å². The van der Waals surface area contributed by atoms with Gasteiger partial charge in [0.2, 0.25) is 0 Å². The number of halogens is 1. The second kappa shape index (κ2) is 6.40. The van der Waals surface area contributed by atoms with E-state index in [-0.39, 0.29) is 12.4 Å². The average Bonchev–Trinajstić information content (AvgIpc) is 3.26. The molecule has 27 heavy (non-hydrogen) atoms. The molecule has 1 aromatic carbocycles. The molecule has 0 atom stereocenters. The molecule has 1 fully saturated rings. The fraction of sp³-hybridized carbons (Fsp3) is 0.278. The largest absolute Gasteiger partial charge is 0.332 e. The lowest BCUT2D eigenvalue weighted by Crippen LogP contribution is -2.44. The molecule has 8 nitrogen and oxygen atoms in total. The molecule has 4 aromatic rings. The van der Waals surface area contributed by atoms with Crippen molar-refractivity contribution in [3.05, 3.63) is 48.0 Å². The second-order valence-electron chi connectivity index (χ2n) is 6.75. The molecule has 1 aliphatic carbocycles. The van der Waals surface area contributed by atoms with Gasteiger partial charge in [-0.05, 0) is 50.5 Å². The van der Waals surface area contributed by atoms with Crippen LogP contribution in [0, 0.1) is 6.92 Å². The van der Waals surface area contributed by atoms with Crippen LogP contribution in [0.3, 0.4) is 0 Å². The number of hydrogen-bond donors (Lipinski definition) is 1. The zero-order valence-electron chi connectivity index (χ0n) is 14.7. The molecule has 0 amide bonds. The Hall–Kier alpha value is -2.84. The fourth-order valence-corrected chi connectivity index (χ4v) is 3.27. The third-order valence-corrected chi connectivity index (χ3v) is 5.05. The zero-order valence-corrected chi connectivity index (χ0v) is 15.5. The van der Waals surface area contributed by atoms with Crippen molar-refractivity contribution in [2.75, 3.05) is 0 Å². The van der Waals surface area contributed by atoms with Crippen LogP contribution in [0.1, 0.15) is 30.8 Å². The van der Waals surface area contributed by atoms with Gasteiger partial charge in [0.05, 0.1) is 22.4 Å². The predicted octanol–water partition coefficient (Wildman–Crippen LogP) is 2.93. The maximum Gasteiger partial charge on any atom is 0.280 e. The van der Waals surface area contributed by atoms with E-state index < -0.39 is 5.54 Å². The summed E-state index contributed by atoms with van der Waals surface area (Å²) in [6.07, 6.45) is 4.62. The molecule has 0 bridgehead atoms. The number of aromatic nitrogens is 6. The maximum absolute atomic E-state index is 6.27. The van der Waals surface area contributed by atoms with Gasteiger partial charge in [0.15, 0.2) is 11.5 Å². The Balaban J connectivity index is 0.00000180. The molecular formula is C18H18ClN7O. The smallest absolute Gasteiger partial charge is 0.280 e. The molecule has 1 saturated carbocycles. The molecule has 0 unspecified atom stereocenters. The van der Waals surface area contributed by atoms with Gasteiger partial charge in [-0.15, -0.1) is 17.5 Å². The van der Waals surface area contributed by atoms with Gasteiger partial charge in [-0.2, -0.15) is 4.98 Å². The molecule has 3 heterocycles. The maximum atomic E-state index is 6.27. The Kier molecular flexibility index (Phi) is 4.16. The molecule has 5 rings (SSSR count). The summed E-state index contributed by atoms with van der Waals surface area (Å²) in [6, 6.07) is 9.88. The summed E-state index contributed by atoms with van der Waals surface area (Å²) in [6.45, 7) is 1.92. The topological polar surface area (TPSA) is 109 Å². The van der Waals surface area contributed by atoms with Crippen molar-refractivity contribution >= 4 is 23.3 Å². The van der Waals surface area contributed by atoms with Crippen molar-refractivity contribution in [2.45, 2.75) is 31.7 Å². The predicted molar refractivity (Wildman–Crippen MR) is 102 cm³/mol.